The molecule has 1 N–H and O–H groups in total. The predicted octanol–water partition coefficient (Wildman–Crippen LogP) is 4.17. The Morgan fingerprint density at radius 1 is 1.07 bits per heavy atom. The Hall–Kier alpha value is -2.05. The van der Waals surface area contributed by atoms with Crippen LogP contribution in [0.5, 0.6) is 5.88 Å². The highest BCUT2D eigenvalue weighted by molar-refractivity contribution is 7.89. The Morgan fingerprint density at radius 3 is 2.36 bits per heavy atom. The maximum Gasteiger partial charge on any atom is 0.422 e. The molecule has 0 aliphatic carbocycles. The fourth-order valence-electron chi connectivity index (χ4n) is 1.94. The Balaban J connectivity index is 2.16. The van der Waals surface area contributed by atoms with Crippen LogP contribution < -0.4 is 9.46 Å². The molecule has 0 unspecified atom stereocenters. The summed E-state index contributed by atoms with van der Waals surface area (Å²) in [5.41, 5.74) is -1.04. The van der Waals surface area contributed by atoms with Gasteiger partial charge >= 0.3 is 12.4 Å². The molecule has 0 bridgehead atoms. The molecule has 154 valence electrons. The number of halogens is 7. The molecule has 28 heavy (non-hydrogen) atoms. The van der Waals surface area contributed by atoms with Crippen molar-refractivity contribution in [1.29, 1.82) is 0 Å². The van der Waals surface area contributed by atoms with Crippen molar-refractivity contribution in [3.05, 3.63) is 52.7 Å². The van der Waals surface area contributed by atoms with E-state index in [1.165, 1.54) is 6.07 Å². The van der Waals surface area contributed by atoms with E-state index in [-0.39, 0.29) is 5.56 Å². The van der Waals surface area contributed by atoms with Crippen LogP contribution in [-0.4, -0.2) is 26.2 Å². The molecule has 1 heterocycles. The highest BCUT2D eigenvalue weighted by Gasteiger charge is 2.33. The van der Waals surface area contributed by atoms with Crippen molar-refractivity contribution in [3.63, 3.8) is 0 Å². The highest BCUT2D eigenvalue weighted by Crippen LogP contribution is 2.33. The summed E-state index contributed by atoms with van der Waals surface area (Å²) in [5.74, 6) is -0.397. The summed E-state index contributed by atoms with van der Waals surface area (Å²) in [6, 6.07) is 4.16. The van der Waals surface area contributed by atoms with Crippen molar-refractivity contribution in [2.75, 3.05) is 6.61 Å². The van der Waals surface area contributed by atoms with Crippen molar-refractivity contribution in [3.8, 4) is 5.88 Å². The van der Waals surface area contributed by atoms with Crippen molar-refractivity contribution >= 4 is 21.6 Å². The molecule has 0 radical (unpaired) electrons. The molecular formula is C15H11ClF6N2O3S. The van der Waals surface area contributed by atoms with E-state index in [1.807, 2.05) is 4.72 Å². The number of benzene rings is 1. The van der Waals surface area contributed by atoms with Gasteiger partial charge < -0.3 is 4.74 Å². The van der Waals surface area contributed by atoms with Crippen LogP contribution in [0.1, 0.15) is 11.1 Å². The average molecular weight is 449 g/mol. The first-order chi connectivity index (χ1) is 12.8. The molecule has 2 aromatic rings. The van der Waals surface area contributed by atoms with Crippen LogP contribution >= 0.6 is 11.6 Å². The summed E-state index contributed by atoms with van der Waals surface area (Å²) in [6.45, 7) is -2.03. The van der Waals surface area contributed by atoms with Crippen LogP contribution in [0, 0.1) is 0 Å². The Bertz CT molecular complexity index is 948. The topological polar surface area (TPSA) is 68.3 Å². The molecule has 0 fully saturated rings. The summed E-state index contributed by atoms with van der Waals surface area (Å²) >= 11 is 5.70. The molecule has 0 aliphatic heterocycles. The largest absolute Gasteiger partial charge is 0.468 e. The summed E-state index contributed by atoms with van der Waals surface area (Å²) in [4.78, 5) is 2.77. The highest BCUT2D eigenvalue weighted by atomic mass is 35.5. The van der Waals surface area contributed by atoms with Gasteiger partial charge in [-0.15, -0.1) is 0 Å². The zero-order valence-corrected chi connectivity index (χ0v) is 15.2. The van der Waals surface area contributed by atoms with E-state index in [9.17, 15) is 34.8 Å². The van der Waals surface area contributed by atoms with Gasteiger partial charge in [-0.05, 0) is 29.8 Å². The number of aromatic nitrogens is 1. The Kier molecular flexibility index (Phi) is 6.46. The van der Waals surface area contributed by atoms with Gasteiger partial charge in [0.1, 0.15) is 4.90 Å². The Labute approximate surface area is 160 Å². The number of hydrogen-bond donors (Lipinski definition) is 1. The maximum atomic E-state index is 12.8. The van der Waals surface area contributed by atoms with Crippen molar-refractivity contribution in [1.82, 2.24) is 9.71 Å². The van der Waals surface area contributed by atoms with E-state index in [1.54, 1.807) is 0 Å². The summed E-state index contributed by atoms with van der Waals surface area (Å²) in [7, 11) is -4.44. The molecule has 2 rings (SSSR count). The number of nitrogens with one attached hydrogen (secondary N) is 1. The van der Waals surface area contributed by atoms with E-state index in [4.69, 9.17) is 11.6 Å². The van der Waals surface area contributed by atoms with Gasteiger partial charge in [0.15, 0.2) is 6.61 Å². The minimum absolute atomic E-state index is 0.166. The van der Waals surface area contributed by atoms with Crippen molar-refractivity contribution < 1.29 is 39.5 Å². The summed E-state index contributed by atoms with van der Waals surface area (Å²) < 4.78 is 106. The molecule has 1 aromatic carbocycles. The number of nitrogens with zero attached hydrogens (tertiary/aromatic N) is 1. The van der Waals surface area contributed by atoms with Crippen LogP contribution in [0.2, 0.25) is 5.02 Å². The number of sulfonamides is 1. The third-order valence-electron chi connectivity index (χ3n) is 3.20. The first-order valence-electron chi connectivity index (χ1n) is 7.29. The van der Waals surface area contributed by atoms with Crippen molar-refractivity contribution in [2.45, 2.75) is 23.8 Å². The maximum absolute atomic E-state index is 12.8. The van der Waals surface area contributed by atoms with E-state index >= 15 is 0 Å². The predicted molar refractivity (Wildman–Crippen MR) is 86.3 cm³/mol. The lowest BCUT2D eigenvalue weighted by molar-refractivity contribution is -0.154. The molecule has 13 heteroatoms. The second-order valence-corrected chi connectivity index (χ2v) is 7.52. The molecule has 0 amide bonds. The van der Waals surface area contributed by atoms with Crippen molar-refractivity contribution in [2.24, 2.45) is 0 Å². The first-order valence-corrected chi connectivity index (χ1v) is 9.15. The minimum atomic E-state index is -4.77. The van der Waals surface area contributed by atoms with E-state index in [0.29, 0.717) is 12.1 Å². The van der Waals surface area contributed by atoms with Gasteiger partial charge in [-0.3, -0.25) is 0 Å². The lowest BCUT2D eigenvalue weighted by Crippen LogP contribution is -2.24. The van der Waals surface area contributed by atoms with Crippen LogP contribution in [-0.2, 0) is 22.7 Å². The van der Waals surface area contributed by atoms with Gasteiger partial charge in [0.05, 0.1) is 10.6 Å². The van der Waals surface area contributed by atoms with Gasteiger partial charge in [-0.2, -0.15) is 26.3 Å². The minimum Gasteiger partial charge on any atom is -0.468 e. The summed E-state index contributed by atoms with van der Waals surface area (Å²) in [5, 5.41) is -0.426. The average Bonchev–Trinajstić information content (AvgIpc) is 2.57. The monoisotopic (exact) mass is 448 g/mol. The number of pyridine rings is 1. The molecule has 0 saturated heterocycles. The smallest absolute Gasteiger partial charge is 0.422 e. The van der Waals surface area contributed by atoms with Gasteiger partial charge in [-0.1, -0.05) is 11.6 Å². The normalized spacial score (nSPS) is 12.8. The molecule has 0 saturated carbocycles. The van der Waals surface area contributed by atoms with E-state index < -0.39 is 56.9 Å². The van der Waals surface area contributed by atoms with Gasteiger partial charge in [0.2, 0.25) is 15.9 Å². The second kappa shape index (κ2) is 8.13. The zero-order valence-electron chi connectivity index (χ0n) is 13.6. The molecule has 1 aromatic heterocycles. The quantitative estimate of drug-likeness (QED) is 0.673. The first kappa shape index (κ1) is 22.2. The van der Waals surface area contributed by atoms with Crippen LogP contribution in [0.3, 0.4) is 0 Å². The number of rotatable bonds is 6. The molecule has 5 nitrogen and oxygen atoms in total. The summed E-state index contributed by atoms with van der Waals surface area (Å²) in [6.07, 6.45) is -8.27. The lowest BCUT2D eigenvalue weighted by atomic mass is 10.2. The lowest BCUT2D eigenvalue weighted by Gasteiger charge is -2.12. The third-order valence-corrected chi connectivity index (χ3v) is 5.08. The SMILES string of the molecule is O=S(=O)(NCc1ccnc(OCC(F)(F)F)c1)c1cc(C(F)(F)F)ccc1Cl. The van der Waals surface area contributed by atoms with E-state index in [2.05, 4.69) is 9.72 Å². The van der Waals surface area contributed by atoms with Crippen LogP contribution in [0.15, 0.2) is 41.4 Å². The molecule has 0 atom stereocenters. The second-order valence-electron chi connectivity index (χ2n) is 5.37. The van der Waals surface area contributed by atoms with E-state index in [0.717, 1.165) is 18.3 Å². The van der Waals surface area contributed by atoms with Crippen LogP contribution in [0.4, 0.5) is 26.3 Å². The zero-order chi connectivity index (χ0) is 21.2. The third kappa shape index (κ3) is 6.24. The fraction of sp³-hybridized carbons (Fsp3) is 0.267. The van der Waals surface area contributed by atoms with Crippen LogP contribution in [0.25, 0.3) is 0 Å². The fourth-order valence-corrected chi connectivity index (χ4v) is 3.48. The molecular weight excluding hydrogens is 438 g/mol. The molecule has 0 spiro atoms. The van der Waals surface area contributed by atoms with Gasteiger partial charge in [0, 0.05) is 18.8 Å². The Morgan fingerprint density at radius 2 is 1.75 bits per heavy atom. The van der Waals surface area contributed by atoms with Gasteiger partial charge in [0.25, 0.3) is 0 Å². The number of alkyl halides is 6. The van der Waals surface area contributed by atoms with Gasteiger partial charge in [-0.25, -0.2) is 18.1 Å². The number of ether oxygens (including phenoxy) is 1. The standard InChI is InChI=1S/C15H11ClF6N2O3S/c16-11-2-1-10(15(20,21)22)6-12(11)28(25,26)24-7-9-3-4-23-13(5-9)27-8-14(17,18)19/h1-6,24H,7-8H2. The number of hydrogen-bond acceptors (Lipinski definition) is 4. The molecule has 0 aliphatic rings.